The highest BCUT2D eigenvalue weighted by molar-refractivity contribution is 5.53. The Bertz CT molecular complexity index is 403. The highest BCUT2D eigenvalue weighted by Crippen LogP contribution is 2.20. The molecular weight excluding hydrogens is 228 g/mol. The van der Waals surface area contributed by atoms with Gasteiger partial charge in [-0.1, -0.05) is 26.7 Å². The van der Waals surface area contributed by atoms with E-state index in [9.17, 15) is 10.1 Å². The summed E-state index contributed by atoms with van der Waals surface area (Å²) < 4.78 is 0. The third-order valence-corrected chi connectivity index (χ3v) is 2.81. The van der Waals surface area contributed by atoms with Gasteiger partial charge in [-0.05, 0) is 30.9 Å². The second kappa shape index (κ2) is 6.99. The second-order valence-electron chi connectivity index (χ2n) is 5.13. The quantitative estimate of drug-likeness (QED) is 0.449. The third-order valence-electron chi connectivity index (χ3n) is 2.81. The number of nitrogens with one attached hydrogen (secondary N) is 1. The Balaban J connectivity index is 2.44. The van der Waals surface area contributed by atoms with Crippen molar-refractivity contribution in [3.8, 4) is 0 Å². The fourth-order valence-corrected chi connectivity index (χ4v) is 1.88. The molecule has 4 nitrogen and oxygen atoms in total. The number of hydrogen-bond donors (Lipinski definition) is 1. The first-order valence-corrected chi connectivity index (χ1v) is 6.49. The van der Waals surface area contributed by atoms with Crippen LogP contribution in [0.4, 0.5) is 11.4 Å². The fourth-order valence-electron chi connectivity index (χ4n) is 1.88. The molecule has 0 aliphatic heterocycles. The molecule has 0 spiro atoms. The summed E-state index contributed by atoms with van der Waals surface area (Å²) in [5, 5.41) is 14.0. The minimum atomic E-state index is -0.350. The Labute approximate surface area is 109 Å². The van der Waals surface area contributed by atoms with Gasteiger partial charge in [0, 0.05) is 24.4 Å². The summed E-state index contributed by atoms with van der Waals surface area (Å²) in [6.45, 7) is 7.18. The molecule has 0 fully saturated rings. The maximum absolute atomic E-state index is 10.7. The summed E-state index contributed by atoms with van der Waals surface area (Å²) in [6, 6.07) is 5.12. The lowest BCUT2D eigenvalue weighted by Crippen LogP contribution is -2.03. The topological polar surface area (TPSA) is 55.2 Å². The molecule has 4 heteroatoms. The molecule has 0 heterocycles. The predicted molar refractivity (Wildman–Crippen MR) is 75.0 cm³/mol. The molecule has 0 saturated carbocycles. The van der Waals surface area contributed by atoms with Crippen molar-refractivity contribution in [1.29, 1.82) is 0 Å². The van der Waals surface area contributed by atoms with Gasteiger partial charge in [-0.25, -0.2) is 0 Å². The molecule has 1 N–H and O–H groups in total. The van der Waals surface area contributed by atoms with E-state index < -0.39 is 0 Å². The smallest absolute Gasteiger partial charge is 0.271 e. The van der Waals surface area contributed by atoms with Crippen molar-refractivity contribution >= 4 is 11.4 Å². The van der Waals surface area contributed by atoms with Crippen LogP contribution in [0.15, 0.2) is 18.2 Å². The van der Waals surface area contributed by atoms with E-state index in [-0.39, 0.29) is 10.6 Å². The Kier molecular flexibility index (Phi) is 5.62. The molecule has 100 valence electrons. The molecule has 0 amide bonds. The molecule has 0 atom stereocenters. The number of hydrogen-bond acceptors (Lipinski definition) is 3. The molecule has 18 heavy (non-hydrogen) atoms. The van der Waals surface area contributed by atoms with Crippen LogP contribution in [0.3, 0.4) is 0 Å². The normalized spacial score (nSPS) is 10.7. The van der Waals surface area contributed by atoms with Gasteiger partial charge in [-0.3, -0.25) is 10.1 Å². The van der Waals surface area contributed by atoms with Crippen LogP contribution in [0, 0.1) is 23.0 Å². The number of unbranched alkanes of at least 4 members (excludes halogenated alkanes) is 1. The Morgan fingerprint density at radius 1 is 1.28 bits per heavy atom. The first-order valence-electron chi connectivity index (χ1n) is 6.49. The molecule has 0 aliphatic rings. The number of benzene rings is 1. The predicted octanol–water partition coefficient (Wildman–Crippen LogP) is 4.14. The first-order chi connectivity index (χ1) is 8.49. The third kappa shape index (κ3) is 5.17. The number of nitro benzene ring substituents is 1. The summed E-state index contributed by atoms with van der Waals surface area (Å²) in [5.74, 6) is 0.741. The van der Waals surface area contributed by atoms with Crippen molar-refractivity contribution in [3.63, 3.8) is 0 Å². The minimum absolute atomic E-state index is 0.152. The summed E-state index contributed by atoms with van der Waals surface area (Å²) in [4.78, 5) is 10.4. The molecule has 0 aliphatic carbocycles. The summed E-state index contributed by atoms with van der Waals surface area (Å²) in [7, 11) is 0. The van der Waals surface area contributed by atoms with Crippen molar-refractivity contribution in [2.75, 3.05) is 11.9 Å². The SMILES string of the molecule is Cc1cc(NCCCCC(C)C)cc([N+](=O)[O-])c1. The number of nitro groups is 1. The zero-order valence-electron chi connectivity index (χ0n) is 11.4. The van der Waals surface area contributed by atoms with Crippen LogP contribution in [0.25, 0.3) is 0 Å². The van der Waals surface area contributed by atoms with Crippen LogP contribution < -0.4 is 5.32 Å². The minimum Gasteiger partial charge on any atom is -0.385 e. The van der Waals surface area contributed by atoms with E-state index in [2.05, 4.69) is 19.2 Å². The lowest BCUT2D eigenvalue weighted by molar-refractivity contribution is -0.384. The number of aryl methyl sites for hydroxylation is 1. The van der Waals surface area contributed by atoms with Gasteiger partial charge in [-0.15, -0.1) is 0 Å². The van der Waals surface area contributed by atoms with Crippen LogP contribution in [-0.2, 0) is 0 Å². The van der Waals surface area contributed by atoms with Gasteiger partial charge in [0.15, 0.2) is 0 Å². The number of nitrogens with zero attached hydrogens (tertiary/aromatic N) is 1. The van der Waals surface area contributed by atoms with Gasteiger partial charge in [0.1, 0.15) is 0 Å². The number of non-ortho nitro benzene ring substituents is 1. The average Bonchev–Trinajstić information content (AvgIpc) is 2.27. The van der Waals surface area contributed by atoms with Crippen LogP contribution in [-0.4, -0.2) is 11.5 Å². The van der Waals surface area contributed by atoms with Crippen molar-refractivity contribution < 1.29 is 4.92 Å². The van der Waals surface area contributed by atoms with E-state index in [1.165, 1.54) is 12.8 Å². The van der Waals surface area contributed by atoms with Gasteiger partial charge in [0.05, 0.1) is 4.92 Å². The molecule has 0 radical (unpaired) electrons. The Morgan fingerprint density at radius 3 is 2.61 bits per heavy atom. The Morgan fingerprint density at radius 2 is 2.00 bits per heavy atom. The molecule has 0 bridgehead atoms. The van der Waals surface area contributed by atoms with Gasteiger partial charge in [0.25, 0.3) is 5.69 Å². The summed E-state index contributed by atoms with van der Waals surface area (Å²) in [6.07, 6.45) is 3.52. The second-order valence-corrected chi connectivity index (χ2v) is 5.13. The van der Waals surface area contributed by atoms with Crippen molar-refractivity contribution in [2.45, 2.75) is 40.0 Å². The zero-order valence-corrected chi connectivity index (χ0v) is 11.4. The lowest BCUT2D eigenvalue weighted by Gasteiger charge is -2.08. The maximum atomic E-state index is 10.7. The van der Waals surface area contributed by atoms with E-state index in [4.69, 9.17) is 0 Å². The van der Waals surface area contributed by atoms with Gasteiger partial charge in [0.2, 0.25) is 0 Å². The molecule has 1 rings (SSSR count). The first kappa shape index (κ1) is 14.5. The molecule has 0 unspecified atom stereocenters. The van der Waals surface area contributed by atoms with Crippen molar-refractivity contribution in [2.24, 2.45) is 5.92 Å². The monoisotopic (exact) mass is 250 g/mol. The van der Waals surface area contributed by atoms with Crippen LogP contribution >= 0.6 is 0 Å². The molecule has 1 aromatic carbocycles. The van der Waals surface area contributed by atoms with Gasteiger partial charge in [-0.2, -0.15) is 0 Å². The summed E-state index contributed by atoms with van der Waals surface area (Å²) >= 11 is 0. The number of anilines is 1. The average molecular weight is 250 g/mol. The van der Waals surface area contributed by atoms with E-state index >= 15 is 0 Å². The molecule has 1 aromatic rings. The Hall–Kier alpha value is -1.58. The standard InChI is InChI=1S/C14H22N2O2/c1-11(2)6-4-5-7-15-13-8-12(3)9-14(10-13)16(17)18/h8-11,15H,4-7H2,1-3H3. The number of rotatable bonds is 7. The van der Waals surface area contributed by atoms with Gasteiger partial charge >= 0.3 is 0 Å². The van der Waals surface area contributed by atoms with E-state index in [1.807, 2.05) is 13.0 Å². The maximum Gasteiger partial charge on any atom is 0.271 e. The van der Waals surface area contributed by atoms with Crippen LogP contribution in [0.2, 0.25) is 0 Å². The zero-order chi connectivity index (χ0) is 13.5. The highest BCUT2D eigenvalue weighted by Gasteiger charge is 2.07. The molecule has 0 aromatic heterocycles. The highest BCUT2D eigenvalue weighted by atomic mass is 16.6. The fraction of sp³-hybridized carbons (Fsp3) is 0.571. The van der Waals surface area contributed by atoms with Crippen molar-refractivity contribution in [3.05, 3.63) is 33.9 Å². The van der Waals surface area contributed by atoms with Crippen LogP contribution in [0.1, 0.15) is 38.7 Å². The molecular formula is C14H22N2O2. The van der Waals surface area contributed by atoms with E-state index in [0.29, 0.717) is 0 Å². The van der Waals surface area contributed by atoms with E-state index in [1.54, 1.807) is 12.1 Å². The van der Waals surface area contributed by atoms with Crippen molar-refractivity contribution in [1.82, 2.24) is 0 Å². The molecule has 0 saturated heterocycles. The van der Waals surface area contributed by atoms with E-state index in [0.717, 1.165) is 30.1 Å². The largest absolute Gasteiger partial charge is 0.385 e. The lowest BCUT2D eigenvalue weighted by atomic mass is 10.1. The van der Waals surface area contributed by atoms with Crippen LogP contribution in [0.5, 0.6) is 0 Å². The van der Waals surface area contributed by atoms with Gasteiger partial charge < -0.3 is 5.32 Å². The summed E-state index contributed by atoms with van der Waals surface area (Å²) in [5.41, 5.74) is 1.90.